The molecule has 2 heterocycles. The van der Waals surface area contributed by atoms with Crippen molar-refractivity contribution in [3.05, 3.63) is 127 Å². The first-order chi connectivity index (χ1) is 18.2. The number of aromatic nitrogens is 1. The van der Waals surface area contributed by atoms with Gasteiger partial charge < -0.3 is 0 Å². The van der Waals surface area contributed by atoms with E-state index in [-0.39, 0.29) is 0 Å². The fraction of sp³-hybridized carbons (Fsp3) is 0.0571. The van der Waals surface area contributed by atoms with E-state index < -0.39 is 0 Å². The second-order valence-electron chi connectivity index (χ2n) is 9.57. The Morgan fingerprint density at radius 2 is 1.22 bits per heavy atom. The highest BCUT2D eigenvalue weighted by Gasteiger charge is 2.08. The minimum Gasteiger partial charge on any atom is -0.256 e. The van der Waals surface area contributed by atoms with Crippen molar-refractivity contribution in [3.8, 4) is 33.5 Å². The van der Waals surface area contributed by atoms with E-state index in [1.54, 1.807) is 0 Å². The van der Waals surface area contributed by atoms with Crippen LogP contribution < -0.4 is 0 Å². The molecule has 0 amide bonds. The van der Waals surface area contributed by atoms with Crippen LogP contribution >= 0.6 is 11.3 Å². The summed E-state index contributed by atoms with van der Waals surface area (Å²) in [6.07, 6.45) is 3.06. The Morgan fingerprint density at radius 1 is 0.541 bits per heavy atom. The van der Waals surface area contributed by atoms with Crippen molar-refractivity contribution in [2.75, 3.05) is 0 Å². The fourth-order valence-electron chi connectivity index (χ4n) is 5.16. The van der Waals surface area contributed by atoms with Gasteiger partial charge in [0.1, 0.15) is 0 Å². The average Bonchev–Trinajstić information content (AvgIpc) is 3.35. The highest BCUT2D eigenvalue weighted by Crippen LogP contribution is 2.36. The molecular weight excluding hydrogens is 466 g/mol. The summed E-state index contributed by atoms with van der Waals surface area (Å²) in [4.78, 5) is 4.86. The fourth-order valence-corrected chi connectivity index (χ4v) is 6.25. The SMILES string of the molecule is CCc1ccc(-c2ccc3ccc(-c4ccc(-c5ccc6sc7ccccc7c6c5)nc4)cc3c2)cc1. The zero-order valence-corrected chi connectivity index (χ0v) is 21.4. The van der Waals surface area contributed by atoms with Crippen LogP contribution in [-0.2, 0) is 6.42 Å². The maximum absolute atomic E-state index is 4.86. The molecule has 0 radical (unpaired) electrons. The zero-order chi connectivity index (χ0) is 24.8. The Hall–Kier alpha value is -4.27. The van der Waals surface area contributed by atoms with E-state index in [1.807, 2.05) is 17.5 Å². The van der Waals surface area contributed by atoms with Crippen LogP contribution in [0.2, 0.25) is 0 Å². The third-order valence-electron chi connectivity index (χ3n) is 7.31. The minimum absolute atomic E-state index is 1.000. The van der Waals surface area contributed by atoms with Crippen LogP contribution in [-0.4, -0.2) is 4.98 Å². The largest absolute Gasteiger partial charge is 0.256 e. The first-order valence-corrected chi connectivity index (χ1v) is 13.6. The lowest BCUT2D eigenvalue weighted by Crippen LogP contribution is -1.86. The van der Waals surface area contributed by atoms with Crippen LogP contribution in [0.1, 0.15) is 12.5 Å². The molecule has 0 unspecified atom stereocenters. The molecule has 7 aromatic rings. The molecule has 37 heavy (non-hydrogen) atoms. The number of benzene rings is 5. The van der Waals surface area contributed by atoms with Crippen molar-refractivity contribution in [3.63, 3.8) is 0 Å². The lowest BCUT2D eigenvalue weighted by Gasteiger charge is -2.08. The smallest absolute Gasteiger partial charge is 0.0702 e. The summed E-state index contributed by atoms with van der Waals surface area (Å²) in [5.41, 5.74) is 8.34. The molecule has 0 aliphatic heterocycles. The molecule has 0 fully saturated rings. The lowest BCUT2D eigenvalue weighted by atomic mass is 9.97. The number of hydrogen-bond donors (Lipinski definition) is 0. The van der Waals surface area contributed by atoms with E-state index in [0.29, 0.717) is 0 Å². The highest BCUT2D eigenvalue weighted by atomic mass is 32.1. The second kappa shape index (κ2) is 8.99. The topological polar surface area (TPSA) is 12.9 Å². The number of fused-ring (bicyclic) bond motifs is 4. The summed E-state index contributed by atoms with van der Waals surface area (Å²) in [6.45, 7) is 2.19. The molecular formula is C35H25NS. The third-order valence-corrected chi connectivity index (χ3v) is 8.46. The summed E-state index contributed by atoms with van der Waals surface area (Å²) in [5, 5.41) is 5.11. The van der Waals surface area contributed by atoms with Crippen LogP contribution in [0.15, 0.2) is 121 Å². The van der Waals surface area contributed by atoms with Crippen molar-refractivity contribution < 1.29 is 0 Å². The van der Waals surface area contributed by atoms with Crippen LogP contribution in [0.5, 0.6) is 0 Å². The van der Waals surface area contributed by atoms with Gasteiger partial charge in [-0.2, -0.15) is 0 Å². The van der Waals surface area contributed by atoms with E-state index in [2.05, 4.69) is 122 Å². The first-order valence-electron chi connectivity index (χ1n) is 12.8. The van der Waals surface area contributed by atoms with Gasteiger partial charge in [0.15, 0.2) is 0 Å². The van der Waals surface area contributed by atoms with Crippen molar-refractivity contribution >= 4 is 42.3 Å². The summed E-state index contributed by atoms with van der Waals surface area (Å²) >= 11 is 1.85. The van der Waals surface area contributed by atoms with Gasteiger partial charge in [-0.25, -0.2) is 0 Å². The number of pyridine rings is 1. The third kappa shape index (κ3) is 4.00. The Balaban J connectivity index is 1.22. The van der Waals surface area contributed by atoms with Crippen LogP contribution in [0.3, 0.4) is 0 Å². The Morgan fingerprint density at radius 3 is 1.97 bits per heavy atom. The van der Waals surface area contributed by atoms with Gasteiger partial charge in [0, 0.05) is 37.5 Å². The summed E-state index contributed by atoms with van der Waals surface area (Å²) in [5.74, 6) is 0. The predicted octanol–water partition coefficient (Wildman–Crippen LogP) is 10.2. The number of thiophene rings is 1. The summed E-state index contributed by atoms with van der Waals surface area (Å²) in [6, 6.07) is 41.9. The molecule has 0 saturated heterocycles. The van der Waals surface area contributed by atoms with E-state index in [4.69, 9.17) is 4.98 Å². The maximum Gasteiger partial charge on any atom is 0.0702 e. The van der Waals surface area contributed by atoms with E-state index >= 15 is 0 Å². The Kier molecular flexibility index (Phi) is 5.34. The highest BCUT2D eigenvalue weighted by molar-refractivity contribution is 7.25. The molecule has 0 atom stereocenters. The predicted molar refractivity (Wildman–Crippen MR) is 160 cm³/mol. The number of rotatable bonds is 4. The summed E-state index contributed by atoms with van der Waals surface area (Å²) in [7, 11) is 0. The van der Waals surface area contributed by atoms with Gasteiger partial charge >= 0.3 is 0 Å². The average molecular weight is 492 g/mol. The number of hydrogen-bond acceptors (Lipinski definition) is 2. The molecule has 1 nitrogen and oxygen atoms in total. The zero-order valence-electron chi connectivity index (χ0n) is 20.6. The molecule has 7 rings (SSSR count). The molecule has 5 aromatic carbocycles. The molecule has 0 bridgehead atoms. The first kappa shape index (κ1) is 22.0. The molecule has 0 spiro atoms. The quantitative estimate of drug-likeness (QED) is 0.239. The molecule has 2 aromatic heterocycles. The minimum atomic E-state index is 1.000. The molecule has 0 aliphatic rings. The van der Waals surface area contributed by atoms with Gasteiger partial charge in [0.05, 0.1) is 5.69 Å². The Labute approximate surface area is 220 Å². The number of aryl methyl sites for hydroxylation is 1. The van der Waals surface area contributed by atoms with Crippen LogP contribution in [0.4, 0.5) is 0 Å². The van der Waals surface area contributed by atoms with E-state index in [9.17, 15) is 0 Å². The lowest BCUT2D eigenvalue weighted by molar-refractivity contribution is 1.14. The van der Waals surface area contributed by atoms with Gasteiger partial charge in [-0.1, -0.05) is 85.8 Å². The Bertz CT molecular complexity index is 1890. The molecule has 0 aliphatic carbocycles. The maximum atomic E-state index is 4.86. The summed E-state index contributed by atoms with van der Waals surface area (Å²) < 4.78 is 2.65. The van der Waals surface area contributed by atoms with Crippen molar-refractivity contribution in [2.45, 2.75) is 13.3 Å². The molecule has 176 valence electrons. The molecule has 0 saturated carbocycles. The van der Waals surface area contributed by atoms with Gasteiger partial charge in [-0.3, -0.25) is 4.98 Å². The van der Waals surface area contributed by atoms with Gasteiger partial charge in [-0.05, 0) is 75.8 Å². The molecule has 0 N–H and O–H groups in total. The van der Waals surface area contributed by atoms with Gasteiger partial charge in [0.2, 0.25) is 0 Å². The standard InChI is InChI=1S/C35H25NS/c1-2-23-7-9-24(10-8-23)26-13-11-25-12-14-27(20-30(25)19-26)29-15-17-33(36-22-29)28-16-18-35-32(21-28)31-5-3-4-6-34(31)37-35/h3-22H,2H2,1H3. The monoisotopic (exact) mass is 491 g/mol. The van der Waals surface area contributed by atoms with Crippen molar-refractivity contribution in [2.24, 2.45) is 0 Å². The van der Waals surface area contributed by atoms with Crippen molar-refractivity contribution in [1.82, 2.24) is 4.98 Å². The van der Waals surface area contributed by atoms with Crippen LogP contribution in [0, 0.1) is 0 Å². The molecule has 2 heteroatoms. The van der Waals surface area contributed by atoms with Crippen LogP contribution in [0.25, 0.3) is 64.5 Å². The second-order valence-corrected chi connectivity index (χ2v) is 10.7. The normalized spacial score (nSPS) is 11.5. The van der Waals surface area contributed by atoms with Crippen molar-refractivity contribution in [1.29, 1.82) is 0 Å². The van der Waals surface area contributed by atoms with Gasteiger partial charge in [-0.15, -0.1) is 11.3 Å². The number of nitrogens with zero attached hydrogens (tertiary/aromatic N) is 1. The van der Waals surface area contributed by atoms with E-state index in [1.165, 1.54) is 53.2 Å². The van der Waals surface area contributed by atoms with E-state index in [0.717, 1.165) is 23.2 Å². The van der Waals surface area contributed by atoms with Gasteiger partial charge in [0.25, 0.3) is 0 Å².